The number of amides is 1. The molecule has 1 aliphatic rings. The Morgan fingerprint density at radius 3 is 2.79 bits per heavy atom. The normalized spacial score (nSPS) is 13.2. The van der Waals surface area contributed by atoms with Gasteiger partial charge in [-0.1, -0.05) is 6.07 Å². The maximum absolute atomic E-state index is 14.7. The summed E-state index contributed by atoms with van der Waals surface area (Å²) in [5.41, 5.74) is 4.21. The molecule has 0 unspecified atom stereocenters. The van der Waals surface area contributed by atoms with Gasteiger partial charge in [0.25, 0.3) is 5.91 Å². The van der Waals surface area contributed by atoms with Crippen molar-refractivity contribution in [1.29, 1.82) is 0 Å². The van der Waals surface area contributed by atoms with Crippen molar-refractivity contribution < 1.29 is 9.18 Å². The molecule has 5 rings (SSSR count). The molecule has 0 saturated carbocycles. The lowest BCUT2D eigenvalue weighted by molar-refractivity contribution is 0.0765. The van der Waals surface area contributed by atoms with Gasteiger partial charge in [-0.2, -0.15) is 5.10 Å². The van der Waals surface area contributed by atoms with Crippen molar-refractivity contribution >= 4 is 28.2 Å². The van der Waals surface area contributed by atoms with E-state index in [-0.39, 0.29) is 18.3 Å². The molecule has 29 heavy (non-hydrogen) atoms. The van der Waals surface area contributed by atoms with Crippen LogP contribution in [0.5, 0.6) is 0 Å². The maximum atomic E-state index is 14.7. The lowest BCUT2D eigenvalue weighted by Crippen LogP contribution is -2.23. The first kappa shape index (κ1) is 17.4. The van der Waals surface area contributed by atoms with Gasteiger partial charge in [0.1, 0.15) is 5.82 Å². The highest BCUT2D eigenvalue weighted by molar-refractivity contribution is 5.97. The predicted molar refractivity (Wildman–Crippen MR) is 108 cm³/mol. The van der Waals surface area contributed by atoms with Crippen LogP contribution >= 0.6 is 0 Å². The van der Waals surface area contributed by atoms with Crippen molar-refractivity contribution in [2.45, 2.75) is 13.1 Å². The average molecular weight is 387 g/mol. The number of halogens is 1. The second kappa shape index (κ2) is 6.70. The summed E-state index contributed by atoms with van der Waals surface area (Å²) in [5.74, 6) is -0.464. The van der Waals surface area contributed by atoms with Gasteiger partial charge in [0.15, 0.2) is 0 Å². The third kappa shape index (κ3) is 3.20. The molecule has 2 aromatic heterocycles. The summed E-state index contributed by atoms with van der Waals surface area (Å²) >= 11 is 0. The number of benzene rings is 2. The highest BCUT2D eigenvalue weighted by Crippen LogP contribution is 2.26. The van der Waals surface area contributed by atoms with Gasteiger partial charge in [-0.15, -0.1) is 0 Å². The van der Waals surface area contributed by atoms with Gasteiger partial charge in [-0.3, -0.25) is 14.5 Å². The SMILES string of the molecule is Cn1cc2cc(Nc3ccc(CN4Cc5ncccc5C4=O)c(F)c3)ccc2n1. The van der Waals surface area contributed by atoms with Crippen LogP contribution in [-0.2, 0) is 20.1 Å². The molecule has 0 radical (unpaired) electrons. The molecule has 0 spiro atoms. The standard InChI is InChI=1S/C22H18FN5O/c1-27-11-15-9-16(6-7-20(15)26-27)25-17-5-4-14(19(23)10-17)12-28-13-21-18(22(28)29)3-2-8-24-21/h2-11,25H,12-13H2,1H3. The molecule has 4 aromatic rings. The Balaban J connectivity index is 1.33. The van der Waals surface area contributed by atoms with Crippen molar-refractivity contribution in [2.24, 2.45) is 7.05 Å². The highest BCUT2D eigenvalue weighted by Gasteiger charge is 2.28. The summed E-state index contributed by atoms with van der Waals surface area (Å²) in [4.78, 5) is 18.3. The third-order valence-corrected chi connectivity index (χ3v) is 5.07. The van der Waals surface area contributed by atoms with Crippen molar-refractivity contribution in [3.8, 4) is 0 Å². The third-order valence-electron chi connectivity index (χ3n) is 5.07. The van der Waals surface area contributed by atoms with Gasteiger partial charge in [0, 0.05) is 48.3 Å². The van der Waals surface area contributed by atoms with E-state index in [2.05, 4.69) is 15.4 Å². The molecule has 0 saturated heterocycles. The van der Waals surface area contributed by atoms with Crippen LogP contribution in [0.2, 0.25) is 0 Å². The highest BCUT2D eigenvalue weighted by atomic mass is 19.1. The van der Waals surface area contributed by atoms with Crippen molar-refractivity contribution in [3.05, 3.63) is 83.6 Å². The van der Waals surface area contributed by atoms with Crippen LogP contribution in [0, 0.1) is 5.82 Å². The van der Waals surface area contributed by atoms with Crippen LogP contribution in [0.25, 0.3) is 10.9 Å². The molecule has 1 aliphatic heterocycles. The van der Waals surface area contributed by atoms with E-state index >= 15 is 0 Å². The molecular weight excluding hydrogens is 369 g/mol. The van der Waals surface area contributed by atoms with Gasteiger partial charge >= 0.3 is 0 Å². The van der Waals surface area contributed by atoms with E-state index in [1.165, 1.54) is 6.07 Å². The Hall–Kier alpha value is -3.74. The fraction of sp³-hybridized carbons (Fsp3) is 0.136. The molecular formula is C22H18FN5O. The molecule has 0 fully saturated rings. The second-order valence-corrected chi connectivity index (χ2v) is 7.17. The van der Waals surface area contributed by atoms with E-state index in [4.69, 9.17) is 0 Å². The number of nitrogens with zero attached hydrogens (tertiary/aromatic N) is 4. The number of rotatable bonds is 4. The van der Waals surface area contributed by atoms with E-state index in [9.17, 15) is 9.18 Å². The summed E-state index contributed by atoms with van der Waals surface area (Å²) in [7, 11) is 1.88. The Morgan fingerprint density at radius 2 is 1.97 bits per heavy atom. The number of aryl methyl sites for hydroxylation is 1. The first-order valence-corrected chi connectivity index (χ1v) is 9.29. The van der Waals surface area contributed by atoms with Crippen LogP contribution in [0.4, 0.5) is 15.8 Å². The van der Waals surface area contributed by atoms with E-state index in [1.54, 1.807) is 34.0 Å². The summed E-state index contributed by atoms with van der Waals surface area (Å²) in [6, 6.07) is 14.3. The van der Waals surface area contributed by atoms with Crippen LogP contribution in [0.1, 0.15) is 21.6 Å². The zero-order valence-corrected chi connectivity index (χ0v) is 15.8. The van der Waals surface area contributed by atoms with Gasteiger partial charge in [-0.25, -0.2) is 4.39 Å². The smallest absolute Gasteiger partial charge is 0.256 e. The number of anilines is 2. The predicted octanol–water partition coefficient (Wildman–Crippen LogP) is 4.01. The van der Waals surface area contributed by atoms with E-state index in [1.807, 2.05) is 37.5 Å². The molecule has 144 valence electrons. The molecule has 7 heteroatoms. The zero-order chi connectivity index (χ0) is 20.0. The molecule has 1 N–H and O–H groups in total. The quantitative estimate of drug-likeness (QED) is 0.575. The molecule has 0 atom stereocenters. The molecule has 6 nitrogen and oxygen atoms in total. The number of fused-ring (bicyclic) bond motifs is 2. The number of pyridine rings is 1. The van der Waals surface area contributed by atoms with Crippen LogP contribution in [0.15, 0.2) is 60.9 Å². The van der Waals surface area contributed by atoms with Gasteiger partial charge in [-0.05, 0) is 42.5 Å². The Morgan fingerprint density at radius 1 is 1.14 bits per heavy atom. The second-order valence-electron chi connectivity index (χ2n) is 7.17. The number of hydrogen-bond acceptors (Lipinski definition) is 4. The Labute approximate surface area is 166 Å². The van der Waals surface area contributed by atoms with E-state index in [0.717, 1.165) is 22.3 Å². The van der Waals surface area contributed by atoms with E-state index < -0.39 is 0 Å². The fourth-order valence-electron chi connectivity index (χ4n) is 3.66. The van der Waals surface area contributed by atoms with Gasteiger partial charge in [0.2, 0.25) is 0 Å². The minimum absolute atomic E-state index is 0.112. The topological polar surface area (TPSA) is 63.1 Å². The van der Waals surface area contributed by atoms with Crippen LogP contribution in [0.3, 0.4) is 0 Å². The zero-order valence-electron chi connectivity index (χ0n) is 15.8. The number of nitrogens with one attached hydrogen (secondary N) is 1. The summed E-state index contributed by atoms with van der Waals surface area (Å²) < 4.78 is 16.5. The number of aromatic nitrogens is 3. The molecule has 0 aliphatic carbocycles. The van der Waals surface area contributed by atoms with Crippen LogP contribution < -0.4 is 5.32 Å². The van der Waals surface area contributed by atoms with Crippen molar-refractivity contribution in [3.63, 3.8) is 0 Å². The molecule has 0 bridgehead atoms. The van der Waals surface area contributed by atoms with Crippen molar-refractivity contribution in [2.75, 3.05) is 5.32 Å². The fourth-order valence-corrected chi connectivity index (χ4v) is 3.66. The summed E-state index contributed by atoms with van der Waals surface area (Å²) in [5, 5.41) is 8.58. The first-order valence-electron chi connectivity index (χ1n) is 9.29. The molecule has 3 heterocycles. The van der Waals surface area contributed by atoms with Gasteiger partial charge in [0.05, 0.1) is 23.3 Å². The maximum Gasteiger partial charge on any atom is 0.256 e. The van der Waals surface area contributed by atoms with E-state index in [0.29, 0.717) is 23.4 Å². The average Bonchev–Trinajstić information content (AvgIpc) is 3.23. The minimum Gasteiger partial charge on any atom is -0.355 e. The Bertz CT molecular complexity index is 1250. The van der Waals surface area contributed by atoms with Gasteiger partial charge < -0.3 is 10.2 Å². The lowest BCUT2D eigenvalue weighted by Gasteiger charge is -2.16. The first-order chi connectivity index (χ1) is 14.1. The largest absolute Gasteiger partial charge is 0.355 e. The number of carbonyl (C=O) groups excluding carboxylic acids is 1. The number of hydrogen-bond donors (Lipinski definition) is 1. The monoisotopic (exact) mass is 387 g/mol. The summed E-state index contributed by atoms with van der Waals surface area (Å²) in [6.07, 6.45) is 3.60. The minimum atomic E-state index is -0.353. The molecule has 2 aromatic carbocycles. The summed E-state index contributed by atoms with van der Waals surface area (Å²) in [6.45, 7) is 0.614. The Kier molecular flexibility index (Phi) is 4.01. The van der Waals surface area contributed by atoms with Crippen LogP contribution in [-0.4, -0.2) is 25.6 Å². The molecule has 1 amide bonds. The number of carbonyl (C=O) groups is 1. The van der Waals surface area contributed by atoms with Crippen molar-refractivity contribution in [1.82, 2.24) is 19.7 Å². The lowest BCUT2D eigenvalue weighted by atomic mass is 10.1.